The topological polar surface area (TPSA) is 0 Å². The predicted octanol–water partition coefficient (Wildman–Crippen LogP) is 13.4. The second-order valence-corrected chi connectivity index (χ2v) is 20.2. The Kier molecular flexibility index (Phi) is 8.02. The Labute approximate surface area is 263 Å². The summed E-state index contributed by atoms with van der Waals surface area (Å²) in [6.07, 6.45) is 23.7. The molecule has 0 aromatic heterocycles. The highest BCUT2D eigenvalue weighted by Crippen LogP contribution is 2.79. The van der Waals surface area contributed by atoms with Crippen LogP contribution in [0, 0.1) is 61.1 Å². The number of fused-ring (bicyclic) bond motifs is 7. The zero-order chi connectivity index (χ0) is 31.2. The van der Waals surface area contributed by atoms with Crippen molar-refractivity contribution in [2.24, 2.45) is 61.1 Å². The molecule has 4 saturated carbocycles. The molecule has 4 fully saturated rings. The smallest absolute Gasteiger partial charge is 0.000170 e. The van der Waals surface area contributed by atoms with Crippen LogP contribution in [0.4, 0.5) is 0 Å². The molecule has 0 spiro atoms. The summed E-state index contributed by atoms with van der Waals surface area (Å²) in [5.41, 5.74) is 6.39. The van der Waals surface area contributed by atoms with Crippen molar-refractivity contribution in [3.63, 3.8) is 0 Å². The number of allylic oxidation sites excluding steroid dienone is 3. The first-order chi connectivity index (χ1) is 19.2. The second-order valence-electron chi connectivity index (χ2n) is 20.2. The van der Waals surface area contributed by atoms with Crippen LogP contribution >= 0.6 is 0 Å². The molecule has 0 heterocycles. The van der Waals surface area contributed by atoms with Crippen LogP contribution in [-0.4, -0.2) is 0 Å². The van der Waals surface area contributed by atoms with Gasteiger partial charge in [0, 0.05) is 0 Å². The molecule has 0 aromatic rings. The molecule has 0 aromatic carbocycles. The van der Waals surface area contributed by atoms with Crippen LogP contribution in [0.15, 0.2) is 23.8 Å². The average Bonchev–Trinajstić information content (AvgIpc) is 2.85. The Balaban J connectivity index is 1.48. The normalized spacial score (nSPS) is 46.0. The Bertz CT molecular complexity index is 1080. The molecule has 0 aliphatic heterocycles. The van der Waals surface area contributed by atoms with E-state index >= 15 is 0 Å². The molecule has 42 heavy (non-hydrogen) atoms. The highest BCUT2D eigenvalue weighted by molar-refractivity contribution is 5.40. The first-order valence-electron chi connectivity index (χ1n) is 18.6. The van der Waals surface area contributed by atoms with E-state index in [1.807, 2.05) is 5.57 Å². The van der Waals surface area contributed by atoms with Gasteiger partial charge in [0.15, 0.2) is 0 Å². The van der Waals surface area contributed by atoms with Gasteiger partial charge in [-0.05, 0) is 145 Å². The van der Waals surface area contributed by atoms with Gasteiger partial charge < -0.3 is 0 Å². The molecule has 0 amide bonds. The quantitative estimate of drug-likeness (QED) is 0.209. The monoisotopic (exact) mass is 577 g/mol. The Morgan fingerprint density at radius 2 is 1.50 bits per heavy atom. The molecule has 0 saturated heterocycles. The highest BCUT2D eigenvalue weighted by Gasteiger charge is 2.70. The third kappa shape index (κ3) is 4.54. The molecule has 5 aliphatic rings. The summed E-state index contributed by atoms with van der Waals surface area (Å²) in [6.45, 7) is 36.2. The van der Waals surface area contributed by atoms with E-state index in [1.165, 1.54) is 102 Å². The summed E-state index contributed by atoms with van der Waals surface area (Å²) in [4.78, 5) is 0. The lowest BCUT2D eigenvalue weighted by molar-refractivity contribution is -0.200. The zero-order valence-corrected chi connectivity index (χ0v) is 30.6. The van der Waals surface area contributed by atoms with Gasteiger partial charge in [-0.15, -0.1) is 0 Å². The van der Waals surface area contributed by atoms with Crippen LogP contribution < -0.4 is 0 Å². The largest absolute Gasteiger partial charge is 0.0995 e. The van der Waals surface area contributed by atoms with Crippen LogP contribution in [0.3, 0.4) is 0 Å². The average molecular weight is 577 g/mol. The van der Waals surface area contributed by atoms with E-state index in [2.05, 4.69) is 89.2 Å². The van der Waals surface area contributed by atoms with Crippen LogP contribution in [0.25, 0.3) is 0 Å². The molecule has 0 nitrogen and oxygen atoms in total. The van der Waals surface area contributed by atoms with Gasteiger partial charge in [-0.25, -0.2) is 0 Å². The van der Waals surface area contributed by atoms with Gasteiger partial charge in [0.2, 0.25) is 0 Å². The lowest BCUT2D eigenvalue weighted by Gasteiger charge is -2.74. The van der Waals surface area contributed by atoms with Crippen molar-refractivity contribution in [3.8, 4) is 0 Å². The molecule has 0 N–H and O–H groups in total. The predicted molar refractivity (Wildman–Crippen MR) is 184 cm³/mol. The molecule has 0 heteroatoms. The number of hydrogen-bond acceptors (Lipinski definition) is 0. The fourth-order valence-electron chi connectivity index (χ4n) is 14.0. The summed E-state index contributed by atoms with van der Waals surface area (Å²) in [5.74, 6) is 2.54. The van der Waals surface area contributed by atoms with E-state index in [0.717, 1.165) is 17.8 Å². The minimum Gasteiger partial charge on any atom is -0.0995 e. The molecule has 8 unspecified atom stereocenters. The molecule has 5 aliphatic carbocycles. The maximum Gasteiger partial charge on any atom is -0.000170 e. The van der Waals surface area contributed by atoms with Crippen molar-refractivity contribution in [2.45, 2.75) is 179 Å². The van der Waals surface area contributed by atoms with Crippen molar-refractivity contribution in [1.82, 2.24) is 0 Å². The van der Waals surface area contributed by atoms with Crippen LogP contribution in [0.1, 0.15) is 179 Å². The third-order valence-electron chi connectivity index (χ3n) is 16.5. The van der Waals surface area contributed by atoms with Crippen molar-refractivity contribution in [3.05, 3.63) is 23.8 Å². The Morgan fingerprint density at radius 3 is 2.14 bits per heavy atom. The fraction of sp³-hybridized carbons (Fsp3) is 0.905. The summed E-state index contributed by atoms with van der Waals surface area (Å²) in [6, 6.07) is 0. The van der Waals surface area contributed by atoms with Crippen molar-refractivity contribution in [2.75, 3.05) is 0 Å². The van der Waals surface area contributed by atoms with E-state index in [-0.39, 0.29) is 5.41 Å². The van der Waals surface area contributed by atoms with Gasteiger partial charge in [0.1, 0.15) is 0 Å². The van der Waals surface area contributed by atoms with E-state index in [1.54, 1.807) is 0 Å². The standard InChI is InChI=1S/C42H72/c1-14-15-16-21-35(4,5)28-31-19-22-38(10)32(37(31,8)9)20-23-39(11)33(38)17-18-34-40(39,12)25-27-42(30(2)3)26-24-36(6,7)29-41(34,42)13/h18,31-33H,2,14-17,19-29H2,1,3-13H3. The van der Waals surface area contributed by atoms with E-state index in [0.29, 0.717) is 37.9 Å². The Morgan fingerprint density at radius 1 is 0.833 bits per heavy atom. The van der Waals surface area contributed by atoms with E-state index in [4.69, 9.17) is 6.58 Å². The van der Waals surface area contributed by atoms with Crippen molar-refractivity contribution >= 4 is 0 Å². The van der Waals surface area contributed by atoms with Gasteiger partial charge in [0.05, 0.1) is 0 Å². The summed E-state index contributed by atoms with van der Waals surface area (Å²) in [7, 11) is 0. The maximum absolute atomic E-state index is 4.71. The lowest BCUT2D eigenvalue weighted by atomic mass is 9.30. The molecule has 0 bridgehead atoms. The Hall–Kier alpha value is -0.520. The molecule has 240 valence electrons. The van der Waals surface area contributed by atoms with Gasteiger partial charge in [-0.3, -0.25) is 0 Å². The minimum atomic E-state index is 0.250. The van der Waals surface area contributed by atoms with Crippen LogP contribution in [0.5, 0.6) is 0 Å². The van der Waals surface area contributed by atoms with Crippen LogP contribution in [-0.2, 0) is 0 Å². The van der Waals surface area contributed by atoms with E-state index in [9.17, 15) is 0 Å². The fourth-order valence-corrected chi connectivity index (χ4v) is 14.0. The first-order valence-corrected chi connectivity index (χ1v) is 18.6. The zero-order valence-electron chi connectivity index (χ0n) is 30.6. The molecular formula is C42H72. The van der Waals surface area contributed by atoms with Gasteiger partial charge in [-0.2, -0.15) is 0 Å². The van der Waals surface area contributed by atoms with Gasteiger partial charge in [-0.1, -0.05) is 119 Å². The second kappa shape index (κ2) is 10.2. The number of hydrogen-bond donors (Lipinski definition) is 0. The third-order valence-corrected chi connectivity index (χ3v) is 16.5. The summed E-state index contributed by atoms with van der Waals surface area (Å²) < 4.78 is 0. The number of rotatable bonds is 7. The highest BCUT2D eigenvalue weighted by atomic mass is 14.7. The van der Waals surface area contributed by atoms with Gasteiger partial charge in [0.25, 0.3) is 0 Å². The van der Waals surface area contributed by atoms with Gasteiger partial charge >= 0.3 is 0 Å². The molecular weight excluding hydrogens is 504 g/mol. The SMILES string of the molecule is C=C(C)C12CCC(C)(C)CC1(C)C1=CCC3C4(C)CCC(CC(C)(C)CCCCC)C(C)(C)C4CCC3(C)C1(C)CC2. The maximum atomic E-state index is 4.71. The molecule has 5 rings (SSSR count). The minimum absolute atomic E-state index is 0.250. The van der Waals surface area contributed by atoms with Crippen LogP contribution in [0.2, 0.25) is 0 Å². The van der Waals surface area contributed by atoms with Crippen molar-refractivity contribution in [1.29, 1.82) is 0 Å². The lowest BCUT2D eigenvalue weighted by Crippen LogP contribution is -2.65. The number of unbranched alkanes of at least 4 members (excludes halogenated alkanes) is 2. The molecule has 8 atom stereocenters. The summed E-state index contributed by atoms with van der Waals surface area (Å²) >= 11 is 0. The summed E-state index contributed by atoms with van der Waals surface area (Å²) in [5, 5.41) is 0. The van der Waals surface area contributed by atoms with Crippen molar-refractivity contribution < 1.29 is 0 Å². The molecule has 0 radical (unpaired) electrons. The van der Waals surface area contributed by atoms with E-state index < -0.39 is 0 Å². The first kappa shape index (κ1) is 32.9.